The highest BCUT2D eigenvalue weighted by atomic mass is 16.2. The topological polar surface area (TPSA) is 49.4 Å². The van der Waals surface area contributed by atoms with Crippen LogP contribution >= 0.6 is 0 Å². The van der Waals surface area contributed by atoms with E-state index < -0.39 is 5.54 Å². The molecule has 3 amide bonds. The second-order valence-corrected chi connectivity index (χ2v) is 4.70. The van der Waals surface area contributed by atoms with Gasteiger partial charge in [-0.15, -0.1) is 0 Å². The first kappa shape index (κ1) is 12.6. The van der Waals surface area contributed by atoms with Crippen LogP contribution in [0.3, 0.4) is 0 Å². The molecule has 4 nitrogen and oxygen atoms in total. The average Bonchev–Trinajstić information content (AvgIpc) is 2.60. The van der Waals surface area contributed by atoms with Gasteiger partial charge >= 0.3 is 6.03 Å². The Morgan fingerprint density at radius 1 is 1.22 bits per heavy atom. The van der Waals surface area contributed by atoms with E-state index >= 15 is 0 Å². The molecule has 1 heterocycles. The predicted molar refractivity (Wildman–Crippen MR) is 68.9 cm³/mol. The van der Waals surface area contributed by atoms with Crippen molar-refractivity contribution in [1.29, 1.82) is 0 Å². The van der Waals surface area contributed by atoms with Crippen LogP contribution in [0.2, 0.25) is 0 Å². The van der Waals surface area contributed by atoms with Gasteiger partial charge in [-0.1, -0.05) is 43.7 Å². The van der Waals surface area contributed by atoms with Crippen LogP contribution in [0.25, 0.3) is 0 Å². The van der Waals surface area contributed by atoms with Crippen LogP contribution in [0.1, 0.15) is 32.3 Å². The maximum Gasteiger partial charge on any atom is 0.325 e. The smallest absolute Gasteiger partial charge is 0.306 e. The van der Waals surface area contributed by atoms with Crippen molar-refractivity contribution in [3.8, 4) is 0 Å². The van der Waals surface area contributed by atoms with Crippen molar-refractivity contribution in [2.24, 2.45) is 0 Å². The molecule has 96 valence electrons. The van der Waals surface area contributed by atoms with Gasteiger partial charge in [-0.05, 0) is 18.9 Å². The SMILES string of the molecule is CCCCN1C(=O)NC(=O)C1(C)c1ccccc1. The van der Waals surface area contributed by atoms with E-state index in [1.54, 1.807) is 11.8 Å². The van der Waals surface area contributed by atoms with Crippen LogP contribution < -0.4 is 5.32 Å². The van der Waals surface area contributed by atoms with Gasteiger partial charge in [0.05, 0.1) is 0 Å². The highest BCUT2D eigenvalue weighted by Crippen LogP contribution is 2.32. The van der Waals surface area contributed by atoms with Crippen LogP contribution in [-0.4, -0.2) is 23.4 Å². The largest absolute Gasteiger partial charge is 0.325 e. The molecular formula is C14H18N2O2. The lowest BCUT2D eigenvalue weighted by Crippen LogP contribution is -2.44. The van der Waals surface area contributed by atoms with Crippen molar-refractivity contribution in [2.45, 2.75) is 32.2 Å². The van der Waals surface area contributed by atoms with Crippen LogP contribution in [0.15, 0.2) is 30.3 Å². The summed E-state index contributed by atoms with van der Waals surface area (Å²) in [5.74, 6) is -0.241. The Balaban J connectivity index is 2.38. The van der Waals surface area contributed by atoms with Crippen molar-refractivity contribution in [1.82, 2.24) is 10.2 Å². The lowest BCUT2D eigenvalue weighted by atomic mass is 9.90. The Labute approximate surface area is 107 Å². The van der Waals surface area contributed by atoms with Gasteiger partial charge in [0.2, 0.25) is 0 Å². The van der Waals surface area contributed by atoms with Gasteiger partial charge < -0.3 is 4.90 Å². The van der Waals surface area contributed by atoms with Crippen LogP contribution in [-0.2, 0) is 10.3 Å². The van der Waals surface area contributed by atoms with E-state index in [1.165, 1.54) is 0 Å². The van der Waals surface area contributed by atoms with Gasteiger partial charge in [0.1, 0.15) is 5.54 Å². The van der Waals surface area contributed by atoms with E-state index in [2.05, 4.69) is 12.2 Å². The summed E-state index contributed by atoms with van der Waals surface area (Å²) in [6.45, 7) is 4.47. The van der Waals surface area contributed by atoms with Gasteiger partial charge in [-0.25, -0.2) is 4.79 Å². The number of benzene rings is 1. The fraction of sp³-hybridized carbons (Fsp3) is 0.429. The zero-order chi connectivity index (χ0) is 13.2. The summed E-state index contributed by atoms with van der Waals surface area (Å²) in [5, 5.41) is 2.41. The summed E-state index contributed by atoms with van der Waals surface area (Å²) in [6, 6.07) is 9.15. The minimum atomic E-state index is -0.881. The molecule has 0 spiro atoms. The van der Waals surface area contributed by atoms with E-state index in [1.807, 2.05) is 30.3 Å². The molecular weight excluding hydrogens is 228 g/mol. The van der Waals surface area contributed by atoms with Crippen LogP contribution in [0.5, 0.6) is 0 Å². The van der Waals surface area contributed by atoms with Crippen LogP contribution in [0, 0.1) is 0 Å². The second-order valence-electron chi connectivity index (χ2n) is 4.70. The molecule has 1 fully saturated rings. The van der Waals surface area contributed by atoms with Gasteiger partial charge in [-0.2, -0.15) is 0 Å². The molecule has 2 rings (SSSR count). The third-order valence-corrected chi connectivity index (χ3v) is 3.52. The molecule has 1 unspecified atom stereocenters. The van der Waals surface area contributed by atoms with E-state index in [0.717, 1.165) is 18.4 Å². The number of hydrogen-bond donors (Lipinski definition) is 1. The molecule has 0 aromatic heterocycles. The predicted octanol–water partition coefficient (Wildman–Crippen LogP) is 2.25. The van der Waals surface area contributed by atoms with Gasteiger partial charge in [0, 0.05) is 6.54 Å². The first-order chi connectivity index (χ1) is 8.60. The molecule has 1 aliphatic rings. The van der Waals surface area contributed by atoms with Crippen molar-refractivity contribution in [3.05, 3.63) is 35.9 Å². The van der Waals surface area contributed by atoms with E-state index in [0.29, 0.717) is 6.54 Å². The van der Waals surface area contributed by atoms with Gasteiger partial charge in [-0.3, -0.25) is 10.1 Å². The van der Waals surface area contributed by atoms with Gasteiger partial charge in [0.15, 0.2) is 0 Å². The number of hydrogen-bond acceptors (Lipinski definition) is 2. The van der Waals surface area contributed by atoms with Crippen molar-refractivity contribution < 1.29 is 9.59 Å². The highest BCUT2D eigenvalue weighted by Gasteiger charge is 2.49. The van der Waals surface area contributed by atoms with E-state index in [4.69, 9.17) is 0 Å². The Bertz CT molecular complexity index is 458. The average molecular weight is 246 g/mol. The fourth-order valence-electron chi connectivity index (χ4n) is 2.30. The fourth-order valence-corrected chi connectivity index (χ4v) is 2.30. The minimum absolute atomic E-state index is 0.241. The number of rotatable bonds is 4. The summed E-state index contributed by atoms with van der Waals surface area (Å²) in [4.78, 5) is 25.6. The molecule has 1 saturated heterocycles. The monoisotopic (exact) mass is 246 g/mol. The third-order valence-electron chi connectivity index (χ3n) is 3.52. The van der Waals surface area contributed by atoms with Crippen molar-refractivity contribution in [2.75, 3.05) is 6.54 Å². The molecule has 1 atom stereocenters. The normalized spacial score (nSPS) is 23.3. The Morgan fingerprint density at radius 2 is 1.89 bits per heavy atom. The summed E-state index contributed by atoms with van der Waals surface area (Å²) in [7, 11) is 0. The minimum Gasteiger partial charge on any atom is -0.306 e. The van der Waals surface area contributed by atoms with Gasteiger partial charge in [0.25, 0.3) is 5.91 Å². The van der Waals surface area contributed by atoms with Crippen molar-refractivity contribution in [3.63, 3.8) is 0 Å². The number of urea groups is 1. The number of amides is 3. The highest BCUT2D eigenvalue weighted by molar-refractivity contribution is 6.07. The first-order valence-corrected chi connectivity index (χ1v) is 6.29. The molecule has 1 aromatic carbocycles. The Morgan fingerprint density at radius 3 is 2.50 bits per heavy atom. The zero-order valence-electron chi connectivity index (χ0n) is 10.8. The lowest BCUT2D eigenvalue weighted by Gasteiger charge is -2.32. The summed E-state index contributed by atoms with van der Waals surface area (Å²) < 4.78 is 0. The molecule has 1 aromatic rings. The lowest BCUT2D eigenvalue weighted by molar-refractivity contribution is -0.126. The number of unbranched alkanes of at least 4 members (excludes halogenated alkanes) is 1. The number of nitrogens with one attached hydrogen (secondary N) is 1. The van der Waals surface area contributed by atoms with Crippen molar-refractivity contribution >= 4 is 11.9 Å². The maximum absolute atomic E-state index is 12.1. The van der Waals surface area contributed by atoms with Crippen LogP contribution in [0.4, 0.5) is 4.79 Å². The quantitative estimate of drug-likeness (QED) is 0.828. The molecule has 18 heavy (non-hydrogen) atoms. The number of nitrogens with zero attached hydrogens (tertiary/aromatic N) is 1. The standard InChI is InChI=1S/C14H18N2O2/c1-3-4-10-16-13(18)15-12(17)14(16,2)11-8-6-5-7-9-11/h5-9H,3-4,10H2,1-2H3,(H,15,17,18). The molecule has 0 radical (unpaired) electrons. The summed E-state index contributed by atoms with van der Waals surface area (Å²) >= 11 is 0. The maximum atomic E-state index is 12.1. The zero-order valence-corrected chi connectivity index (χ0v) is 10.8. The molecule has 1 aliphatic heterocycles. The summed E-state index contributed by atoms with van der Waals surface area (Å²) in [5.41, 5.74) is -0.0301. The molecule has 0 bridgehead atoms. The molecule has 1 N–H and O–H groups in total. The first-order valence-electron chi connectivity index (χ1n) is 6.29. The molecule has 0 saturated carbocycles. The summed E-state index contributed by atoms with van der Waals surface area (Å²) in [6.07, 6.45) is 1.88. The number of carbonyl (C=O) groups excluding carboxylic acids is 2. The van der Waals surface area contributed by atoms with E-state index in [-0.39, 0.29) is 11.9 Å². The molecule has 0 aliphatic carbocycles. The van der Waals surface area contributed by atoms with E-state index in [9.17, 15) is 9.59 Å². The Kier molecular flexibility index (Phi) is 3.36. The second kappa shape index (κ2) is 4.80. The number of carbonyl (C=O) groups is 2. The number of imide groups is 1. The third kappa shape index (κ3) is 1.88. The Hall–Kier alpha value is -1.84. The molecule has 4 heteroatoms.